The van der Waals surface area contributed by atoms with Crippen LogP contribution in [0.2, 0.25) is 0 Å². The molecule has 0 aromatic rings. The van der Waals surface area contributed by atoms with E-state index >= 15 is 0 Å². The van der Waals surface area contributed by atoms with Gasteiger partial charge in [0, 0.05) is 18.5 Å². The van der Waals surface area contributed by atoms with Crippen LogP contribution in [0.4, 0.5) is 0 Å². The Kier molecular flexibility index (Phi) is 4.38. The van der Waals surface area contributed by atoms with Crippen molar-refractivity contribution in [3.05, 3.63) is 11.6 Å². The zero-order chi connectivity index (χ0) is 13.2. The monoisotopic (exact) mass is 251 g/mol. The fraction of sp³-hybridized carbons (Fsp3) is 0.583. The van der Waals surface area contributed by atoms with E-state index in [9.17, 15) is 4.79 Å². The zero-order valence-corrected chi connectivity index (χ0v) is 11.1. The van der Waals surface area contributed by atoms with E-state index in [2.05, 4.69) is 4.90 Å². The Morgan fingerprint density at radius 2 is 2.24 bits per heavy atom. The number of hydrogen-bond acceptors (Lipinski definition) is 4. The van der Waals surface area contributed by atoms with E-state index in [4.69, 9.17) is 23.2 Å². The molecule has 2 N–H and O–H groups in total. The second-order valence-electron chi connectivity index (χ2n) is 4.57. The van der Waals surface area contributed by atoms with E-state index in [1.54, 1.807) is 6.08 Å². The van der Waals surface area contributed by atoms with E-state index in [0.29, 0.717) is 0 Å². The molecule has 0 aromatic heterocycles. The van der Waals surface area contributed by atoms with Crippen molar-refractivity contribution in [2.75, 3.05) is 13.6 Å². The lowest BCUT2D eigenvalue weighted by atomic mass is 9.82. The van der Waals surface area contributed by atoms with Crippen LogP contribution in [0.3, 0.4) is 0 Å². The summed E-state index contributed by atoms with van der Waals surface area (Å²) in [4.78, 5) is 14.3. The quantitative estimate of drug-likeness (QED) is 0.448. The third kappa shape index (κ3) is 2.90. The summed E-state index contributed by atoms with van der Waals surface area (Å²) in [5.41, 5.74) is 5.67. The molecule has 0 aliphatic carbocycles. The molecule has 1 aliphatic heterocycles. The van der Waals surface area contributed by atoms with Gasteiger partial charge in [-0.25, -0.2) is 0 Å². The molecule has 0 bridgehead atoms. The van der Waals surface area contributed by atoms with Crippen LogP contribution in [0.5, 0.6) is 0 Å². The van der Waals surface area contributed by atoms with Crippen LogP contribution in [-0.4, -0.2) is 35.3 Å². The molecular formula is C12H17N3OS. The topological polar surface area (TPSA) is 70.1 Å². The Hall–Kier alpha value is -1.25. The van der Waals surface area contributed by atoms with Crippen molar-refractivity contribution in [1.82, 2.24) is 4.90 Å². The molecule has 0 saturated carbocycles. The van der Waals surface area contributed by atoms with Crippen LogP contribution in [0.25, 0.3) is 0 Å². The number of rotatable bonds is 2. The lowest BCUT2D eigenvalue weighted by molar-refractivity contribution is -0.130. The Bertz CT molecular complexity index is 410. The average Bonchev–Trinajstić information content (AvgIpc) is 2.26. The molecule has 0 spiro atoms. The summed E-state index contributed by atoms with van der Waals surface area (Å²) in [6.07, 6.45) is 1.61. The first-order valence-electron chi connectivity index (χ1n) is 5.54. The second-order valence-corrected chi connectivity index (χ2v) is 5.01. The number of ketones is 1. The third-order valence-corrected chi connectivity index (χ3v) is 3.54. The highest BCUT2D eigenvalue weighted by Crippen LogP contribution is 2.25. The number of nitriles is 1. The third-order valence-electron chi connectivity index (χ3n) is 3.32. The van der Waals surface area contributed by atoms with Crippen molar-refractivity contribution in [2.24, 2.45) is 17.6 Å². The van der Waals surface area contributed by atoms with Gasteiger partial charge in [0.25, 0.3) is 0 Å². The number of carbonyl (C=O) groups is 1. The number of carbonyl (C=O) groups excluding carboxylic acids is 1. The molecule has 0 radical (unpaired) electrons. The molecule has 5 heteroatoms. The molecule has 17 heavy (non-hydrogen) atoms. The van der Waals surface area contributed by atoms with E-state index in [0.717, 1.165) is 6.54 Å². The van der Waals surface area contributed by atoms with Gasteiger partial charge in [0.1, 0.15) is 16.8 Å². The first kappa shape index (κ1) is 13.8. The molecule has 1 rings (SSSR count). The summed E-state index contributed by atoms with van der Waals surface area (Å²) in [5.74, 6) is -0.178. The fourth-order valence-electron chi connectivity index (χ4n) is 2.10. The molecular weight excluding hydrogens is 234 g/mol. The lowest BCUT2D eigenvalue weighted by Gasteiger charge is -2.37. The Morgan fingerprint density at radius 1 is 1.65 bits per heavy atom. The van der Waals surface area contributed by atoms with Crippen LogP contribution in [0, 0.1) is 23.2 Å². The minimum Gasteiger partial charge on any atom is -0.389 e. The molecule has 4 nitrogen and oxygen atoms in total. The zero-order valence-electron chi connectivity index (χ0n) is 10.3. The molecule has 1 saturated heterocycles. The first-order chi connectivity index (χ1) is 7.88. The van der Waals surface area contributed by atoms with Gasteiger partial charge in [-0.15, -0.1) is 0 Å². The minimum atomic E-state index is -0.306. The van der Waals surface area contributed by atoms with Crippen LogP contribution < -0.4 is 5.73 Å². The van der Waals surface area contributed by atoms with Crippen LogP contribution in [-0.2, 0) is 4.79 Å². The molecule has 92 valence electrons. The lowest BCUT2D eigenvalue weighted by Crippen LogP contribution is -2.49. The number of Topliss-reactive ketones (excluding diaryl/α,β-unsaturated/α-hetero) is 1. The number of nitrogens with two attached hydrogens (primary N) is 1. The van der Waals surface area contributed by atoms with Crippen LogP contribution >= 0.6 is 12.2 Å². The molecule has 0 unspecified atom stereocenters. The van der Waals surface area contributed by atoms with Gasteiger partial charge in [-0.1, -0.05) is 25.2 Å². The van der Waals surface area contributed by atoms with Gasteiger partial charge in [-0.3, -0.25) is 4.79 Å². The van der Waals surface area contributed by atoms with E-state index in [-0.39, 0.29) is 34.2 Å². The maximum Gasteiger partial charge on any atom is 0.145 e. The van der Waals surface area contributed by atoms with Crippen molar-refractivity contribution < 1.29 is 4.79 Å². The fourth-order valence-corrected chi connectivity index (χ4v) is 2.22. The van der Waals surface area contributed by atoms with Gasteiger partial charge in [0.2, 0.25) is 0 Å². The summed E-state index contributed by atoms with van der Waals surface area (Å²) in [6, 6.07) is 2.01. The predicted octanol–water partition coefficient (Wildman–Crippen LogP) is 0.878. The Labute approximate surface area is 107 Å². The summed E-state index contributed by atoms with van der Waals surface area (Å²) < 4.78 is 0. The van der Waals surface area contributed by atoms with E-state index in [1.165, 1.54) is 0 Å². The van der Waals surface area contributed by atoms with Gasteiger partial charge < -0.3 is 10.6 Å². The van der Waals surface area contributed by atoms with Gasteiger partial charge in [-0.05, 0) is 14.0 Å². The summed E-state index contributed by atoms with van der Waals surface area (Å²) in [6.45, 7) is 4.62. The van der Waals surface area contributed by atoms with E-state index in [1.807, 2.05) is 27.0 Å². The predicted molar refractivity (Wildman–Crippen MR) is 70.2 cm³/mol. The van der Waals surface area contributed by atoms with Gasteiger partial charge in [0.05, 0.1) is 11.5 Å². The first-order valence-corrected chi connectivity index (χ1v) is 5.95. The number of thiocarbonyl (C=S) groups is 1. The smallest absolute Gasteiger partial charge is 0.145 e. The standard InChI is InChI=1S/C12H17N3OS/c1-7-6-15(3)8(2)10(11(7)16)4-9(5-13)12(14)17/h4,7-8,10H,6H2,1-3H3,(H2,14,17)/b9-4+/t7-,8-,10-/m0/s1. The van der Waals surface area contributed by atoms with Crippen molar-refractivity contribution in [3.63, 3.8) is 0 Å². The highest BCUT2D eigenvalue weighted by Gasteiger charge is 2.35. The largest absolute Gasteiger partial charge is 0.389 e. The maximum atomic E-state index is 12.1. The molecule has 1 fully saturated rings. The number of hydrogen-bond donors (Lipinski definition) is 1. The Balaban J connectivity index is 3.05. The highest BCUT2D eigenvalue weighted by atomic mass is 32.1. The SMILES string of the molecule is C[C@H]1CN(C)[C@@H](C)[C@H](/C=C(\C#N)C(N)=S)C1=O. The highest BCUT2D eigenvalue weighted by molar-refractivity contribution is 7.80. The van der Waals surface area contributed by atoms with Gasteiger partial charge in [-0.2, -0.15) is 5.26 Å². The van der Waals surface area contributed by atoms with Crippen molar-refractivity contribution in [1.29, 1.82) is 5.26 Å². The normalized spacial score (nSPS) is 31.1. The molecule has 3 atom stereocenters. The molecule has 1 aliphatic rings. The summed E-state index contributed by atoms with van der Waals surface area (Å²) in [7, 11) is 1.97. The van der Waals surface area contributed by atoms with Crippen molar-refractivity contribution >= 4 is 23.0 Å². The number of nitrogens with zero attached hydrogens (tertiary/aromatic N) is 2. The van der Waals surface area contributed by atoms with Gasteiger partial charge in [0.15, 0.2) is 0 Å². The number of piperidine rings is 1. The average molecular weight is 251 g/mol. The molecule has 1 heterocycles. The minimum absolute atomic E-state index is 0.0243. The molecule has 0 amide bonds. The summed E-state index contributed by atoms with van der Waals surface area (Å²) >= 11 is 4.78. The number of likely N-dealkylation sites (tertiary alicyclic amines) is 1. The second kappa shape index (κ2) is 5.39. The van der Waals surface area contributed by atoms with Crippen LogP contribution in [0.15, 0.2) is 11.6 Å². The van der Waals surface area contributed by atoms with Crippen molar-refractivity contribution in [3.8, 4) is 6.07 Å². The summed E-state index contributed by atoms with van der Waals surface area (Å²) in [5, 5.41) is 8.92. The van der Waals surface area contributed by atoms with Gasteiger partial charge >= 0.3 is 0 Å². The van der Waals surface area contributed by atoms with Crippen LogP contribution in [0.1, 0.15) is 13.8 Å². The maximum absolute atomic E-state index is 12.1. The Morgan fingerprint density at radius 3 is 2.71 bits per heavy atom. The van der Waals surface area contributed by atoms with Crippen molar-refractivity contribution in [2.45, 2.75) is 19.9 Å². The molecule has 0 aromatic carbocycles. The van der Waals surface area contributed by atoms with E-state index < -0.39 is 0 Å².